The number of nitrogens with zero attached hydrogens (tertiary/aromatic N) is 3. The molecule has 6 nitrogen and oxygen atoms in total. The van der Waals surface area contributed by atoms with Gasteiger partial charge in [0.05, 0.1) is 18.6 Å². The number of aromatic nitrogens is 2. The lowest BCUT2D eigenvalue weighted by Gasteiger charge is -2.32. The van der Waals surface area contributed by atoms with Crippen LogP contribution in [0, 0.1) is 6.92 Å². The van der Waals surface area contributed by atoms with Crippen molar-refractivity contribution in [2.75, 3.05) is 19.7 Å². The Morgan fingerprint density at radius 3 is 2.88 bits per heavy atom. The van der Waals surface area contributed by atoms with Gasteiger partial charge < -0.3 is 14.1 Å². The van der Waals surface area contributed by atoms with Crippen LogP contribution in [0.5, 0.6) is 0 Å². The third kappa shape index (κ3) is 3.64. The normalized spacial score (nSPS) is 15.7. The summed E-state index contributed by atoms with van der Waals surface area (Å²) in [6.45, 7) is 6.51. The standard InChI is InChI=1S/C18H23N3O3/c1-3-23-12-15-11-19-13(2)20-17(15)14-6-8-21(9-7-14)18(22)16-5-4-10-24-16/h4-5,10-11,14H,3,6-9,12H2,1-2H3. The number of carbonyl (C=O) groups excluding carboxylic acids is 1. The van der Waals surface area contributed by atoms with E-state index in [1.807, 2.05) is 24.9 Å². The first-order valence-corrected chi connectivity index (χ1v) is 8.42. The summed E-state index contributed by atoms with van der Waals surface area (Å²) in [6.07, 6.45) is 5.18. The van der Waals surface area contributed by atoms with E-state index in [0.29, 0.717) is 38.0 Å². The predicted molar refractivity (Wildman–Crippen MR) is 88.7 cm³/mol. The van der Waals surface area contributed by atoms with Crippen molar-refractivity contribution in [2.24, 2.45) is 0 Å². The minimum atomic E-state index is -0.0353. The van der Waals surface area contributed by atoms with Gasteiger partial charge in [-0.15, -0.1) is 0 Å². The molecule has 1 saturated heterocycles. The molecule has 0 atom stereocenters. The number of carbonyl (C=O) groups is 1. The Hall–Kier alpha value is -2.21. The van der Waals surface area contributed by atoms with Crippen LogP contribution in [-0.4, -0.2) is 40.5 Å². The number of aryl methyl sites for hydroxylation is 1. The Bertz CT molecular complexity index is 677. The summed E-state index contributed by atoms with van der Waals surface area (Å²) in [7, 11) is 0. The molecule has 2 aromatic rings. The second-order valence-corrected chi connectivity index (χ2v) is 6.01. The van der Waals surface area contributed by atoms with Gasteiger partial charge in [-0.25, -0.2) is 9.97 Å². The summed E-state index contributed by atoms with van der Waals surface area (Å²) < 4.78 is 10.8. The van der Waals surface area contributed by atoms with E-state index < -0.39 is 0 Å². The third-order valence-corrected chi connectivity index (χ3v) is 4.38. The summed E-state index contributed by atoms with van der Waals surface area (Å²) in [4.78, 5) is 23.2. The second kappa shape index (κ2) is 7.57. The Kier molecular flexibility index (Phi) is 5.25. The molecular weight excluding hydrogens is 306 g/mol. The Morgan fingerprint density at radius 2 is 2.21 bits per heavy atom. The molecule has 0 N–H and O–H groups in total. The molecule has 24 heavy (non-hydrogen) atoms. The van der Waals surface area contributed by atoms with Crippen LogP contribution in [0.3, 0.4) is 0 Å². The van der Waals surface area contributed by atoms with E-state index in [1.54, 1.807) is 12.1 Å². The summed E-state index contributed by atoms with van der Waals surface area (Å²) >= 11 is 0. The lowest BCUT2D eigenvalue weighted by atomic mass is 9.90. The molecule has 3 heterocycles. The van der Waals surface area contributed by atoms with Crippen molar-refractivity contribution >= 4 is 5.91 Å². The summed E-state index contributed by atoms with van der Waals surface area (Å²) in [6, 6.07) is 3.45. The van der Waals surface area contributed by atoms with Gasteiger partial charge in [-0.05, 0) is 38.8 Å². The van der Waals surface area contributed by atoms with Crippen molar-refractivity contribution in [1.82, 2.24) is 14.9 Å². The molecule has 0 bridgehead atoms. The van der Waals surface area contributed by atoms with Gasteiger partial charge in [0.25, 0.3) is 5.91 Å². The van der Waals surface area contributed by atoms with Crippen molar-refractivity contribution in [2.45, 2.75) is 39.2 Å². The van der Waals surface area contributed by atoms with Crippen LogP contribution in [0.2, 0.25) is 0 Å². The summed E-state index contributed by atoms with van der Waals surface area (Å²) in [5.41, 5.74) is 2.12. The number of likely N-dealkylation sites (tertiary alicyclic amines) is 1. The topological polar surface area (TPSA) is 68.5 Å². The molecule has 3 rings (SSSR count). The lowest BCUT2D eigenvalue weighted by Crippen LogP contribution is -2.38. The molecule has 0 spiro atoms. The molecule has 0 saturated carbocycles. The summed E-state index contributed by atoms with van der Waals surface area (Å²) in [5.74, 6) is 1.48. The van der Waals surface area contributed by atoms with Crippen molar-refractivity contribution in [3.63, 3.8) is 0 Å². The number of furan rings is 1. The molecular formula is C18H23N3O3. The van der Waals surface area contributed by atoms with Gasteiger partial charge in [-0.1, -0.05) is 0 Å². The van der Waals surface area contributed by atoms with Gasteiger partial charge in [0.1, 0.15) is 5.82 Å². The Morgan fingerprint density at radius 1 is 1.42 bits per heavy atom. The van der Waals surface area contributed by atoms with Gasteiger partial charge in [0.2, 0.25) is 0 Å². The van der Waals surface area contributed by atoms with E-state index in [1.165, 1.54) is 6.26 Å². The van der Waals surface area contributed by atoms with E-state index in [4.69, 9.17) is 9.15 Å². The molecule has 6 heteroatoms. The van der Waals surface area contributed by atoms with Crippen molar-refractivity contribution in [3.8, 4) is 0 Å². The number of rotatable bonds is 5. The highest BCUT2D eigenvalue weighted by Gasteiger charge is 2.28. The highest BCUT2D eigenvalue weighted by Crippen LogP contribution is 2.30. The Labute approximate surface area is 141 Å². The zero-order valence-corrected chi connectivity index (χ0v) is 14.2. The maximum absolute atomic E-state index is 12.4. The average molecular weight is 329 g/mol. The van der Waals surface area contributed by atoms with Crippen LogP contribution in [0.25, 0.3) is 0 Å². The largest absolute Gasteiger partial charge is 0.459 e. The second-order valence-electron chi connectivity index (χ2n) is 6.01. The van der Waals surface area contributed by atoms with Gasteiger partial charge >= 0.3 is 0 Å². The fourth-order valence-corrected chi connectivity index (χ4v) is 3.10. The number of hydrogen-bond donors (Lipinski definition) is 0. The maximum Gasteiger partial charge on any atom is 0.289 e. The molecule has 0 aliphatic carbocycles. The van der Waals surface area contributed by atoms with E-state index in [-0.39, 0.29) is 5.91 Å². The van der Waals surface area contributed by atoms with E-state index in [9.17, 15) is 4.79 Å². The van der Waals surface area contributed by atoms with Crippen molar-refractivity contribution in [3.05, 3.63) is 47.4 Å². The molecule has 1 aliphatic heterocycles. The van der Waals surface area contributed by atoms with Crippen LogP contribution in [0.1, 0.15) is 53.3 Å². The number of hydrogen-bond acceptors (Lipinski definition) is 5. The first-order chi connectivity index (χ1) is 11.7. The minimum Gasteiger partial charge on any atom is -0.459 e. The molecule has 1 amide bonds. The van der Waals surface area contributed by atoms with E-state index in [0.717, 1.165) is 29.9 Å². The molecule has 2 aromatic heterocycles. The fraction of sp³-hybridized carbons (Fsp3) is 0.500. The quantitative estimate of drug-likeness (QED) is 0.843. The monoisotopic (exact) mass is 329 g/mol. The highest BCUT2D eigenvalue weighted by atomic mass is 16.5. The zero-order valence-electron chi connectivity index (χ0n) is 14.2. The average Bonchev–Trinajstić information content (AvgIpc) is 3.15. The van der Waals surface area contributed by atoms with Crippen molar-refractivity contribution < 1.29 is 13.9 Å². The van der Waals surface area contributed by atoms with Gasteiger partial charge in [0, 0.05) is 37.4 Å². The van der Waals surface area contributed by atoms with Gasteiger partial charge in [-0.3, -0.25) is 4.79 Å². The van der Waals surface area contributed by atoms with Crippen LogP contribution in [0.15, 0.2) is 29.0 Å². The first kappa shape index (κ1) is 16.6. The number of piperidine rings is 1. The van der Waals surface area contributed by atoms with Gasteiger partial charge in [0.15, 0.2) is 5.76 Å². The van der Waals surface area contributed by atoms with Crippen LogP contribution >= 0.6 is 0 Å². The van der Waals surface area contributed by atoms with Gasteiger partial charge in [-0.2, -0.15) is 0 Å². The summed E-state index contributed by atoms with van der Waals surface area (Å²) in [5, 5.41) is 0. The Balaban J connectivity index is 1.68. The van der Waals surface area contributed by atoms with Crippen LogP contribution < -0.4 is 0 Å². The van der Waals surface area contributed by atoms with Crippen molar-refractivity contribution in [1.29, 1.82) is 0 Å². The minimum absolute atomic E-state index is 0.0353. The molecule has 1 aliphatic rings. The number of amides is 1. The zero-order chi connectivity index (χ0) is 16.9. The molecule has 0 radical (unpaired) electrons. The third-order valence-electron chi connectivity index (χ3n) is 4.38. The van der Waals surface area contributed by atoms with E-state index >= 15 is 0 Å². The van der Waals surface area contributed by atoms with Crippen LogP contribution in [-0.2, 0) is 11.3 Å². The lowest BCUT2D eigenvalue weighted by molar-refractivity contribution is 0.0678. The fourth-order valence-electron chi connectivity index (χ4n) is 3.10. The maximum atomic E-state index is 12.4. The SMILES string of the molecule is CCOCc1cnc(C)nc1C1CCN(C(=O)c2ccco2)CC1. The molecule has 1 fully saturated rings. The first-order valence-electron chi connectivity index (χ1n) is 8.42. The molecule has 0 unspecified atom stereocenters. The number of ether oxygens (including phenoxy) is 1. The molecule has 128 valence electrons. The van der Waals surface area contributed by atoms with E-state index in [2.05, 4.69) is 9.97 Å². The smallest absolute Gasteiger partial charge is 0.289 e. The highest BCUT2D eigenvalue weighted by molar-refractivity contribution is 5.91. The molecule has 0 aromatic carbocycles. The van der Waals surface area contributed by atoms with Crippen LogP contribution in [0.4, 0.5) is 0 Å². The predicted octanol–water partition coefficient (Wildman–Crippen LogP) is 2.93.